The maximum Gasteiger partial charge on any atom is 0.422 e. The molecule has 2 aromatic rings. The first-order valence-corrected chi connectivity index (χ1v) is 7.30. The molecular weight excluding hydrogens is 409 g/mol. The van der Waals surface area contributed by atoms with E-state index in [1.165, 1.54) is 12.1 Å². The number of rotatable bonds is 3. The number of ether oxygens (including phenoxy) is 2. The average Bonchev–Trinajstić information content (AvgIpc) is 3.02. The van der Waals surface area contributed by atoms with Crippen LogP contribution in [0.25, 0.3) is 0 Å². The zero-order chi connectivity index (χ0) is 19.9. The summed E-state index contributed by atoms with van der Waals surface area (Å²) in [5.41, 5.74) is -2.42. The highest BCUT2D eigenvalue weighted by Crippen LogP contribution is 2.39. The van der Waals surface area contributed by atoms with Crippen LogP contribution in [0.3, 0.4) is 0 Å². The molecule has 1 aliphatic rings. The molecule has 0 aromatic heterocycles. The highest BCUT2D eigenvalue weighted by atomic mass is 35.5. The molecule has 27 heavy (non-hydrogen) atoms. The summed E-state index contributed by atoms with van der Waals surface area (Å²) in [6, 6.07) is 2.72. The average molecular weight is 415 g/mol. The largest absolute Gasteiger partial charge is 0.454 e. The van der Waals surface area contributed by atoms with Crippen molar-refractivity contribution < 1.29 is 40.2 Å². The van der Waals surface area contributed by atoms with Crippen LogP contribution in [0.4, 0.5) is 36.4 Å². The predicted octanol–water partition coefficient (Wildman–Crippen LogP) is 5.09. The third-order valence-corrected chi connectivity index (χ3v) is 3.75. The Morgan fingerprint density at radius 3 is 2.07 bits per heavy atom. The lowest BCUT2D eigenvalue weighted by molar-refractivity contribution is -0.143. The van der Waals surface area contributed by atoms with Crippen LogP contribution < -0.4 is 14.9 Å². The first kappa shape index (κ1) is 19.1. The van der Waals surface area contributed by atoms with E-state index in [2.05, 4.69) is 5.10 Å². The maximum absolute atomic E-state index is 13.7. The highest BCUT2D eigenvalue weighted by molar-refractivity contribution is 6.33. The number of anilines is 1. The van der Waals surface area contributed by atoms with Crippen molar-refractivity contribution >= 4 is 23.5 Å². The molecule has 4 nitrogen and oxygen atoms in total. The Bertz CT molecular complexity index is 918. The van der Waals surface area contributed by atoms with Crippen LogP contribution in [-0.4, -0.2) is 13.0 Å². The SMILES string of the molecule is Fc1c(F)c(C(F)(F)F)c(F)c(F)c1N/N=C/c1cc2c(cc1Cl)OCO2. The van der Waals surface area contributed by atoms with Crippen molar-refractivity contribution in [3.8, 4) is 11.5 Å². The van der Waals surface area contributed by atoms with E-state index in [1.807, 2.05) is 0 Å². The van der Waals surface area contributed by atoms with E-state index < -0.39 is 40.7 Å². The molecule has 0 spiro atoms. The van der Waals surface area contributed by atoms with Gasteiger partial charge in [-0.25, -0.2) is 17.6 Å². The van der Waals surface area contributed by atoms with Crippen molar-refractivity contribution in [2.75, 3.05) is 12.2 Å². The van der Waals surface area contributed by atoms with Gasteiger partial charge in [0.1, 0.15) is 11.3 Å². The van der Waals surface area contributed by atoms with Crippen LogP contribution in [0.15, 0.2) is 17.2 Å². The van der Waals surface area contributed by atoms with Crippen LogP contribution in [-0.2, 0) is 6.18 Å². The molecular formula is C15H6ClF7N2O2. The Morgan fingerprint density at radius 2 is 1.52 bits per heavy atom. The zero-order valence-electron chi connectivity index (χ0n) is 12.7. The van der Waals surface area contributed by atoms with Crippen LogP contribution >= 0.6 is 11.6 Å². The van der Waals surface area contributed by atoms with Crippen molar-refractivity contribution in [2.45, 2.75) is 6.18 Å². The van der Waals surface area contributed by atoms with Crippen LogP contribution in [0.5, 0.6) is 11.5 Å². The van der Waals surface area contributed by atoms with Gasteiger partial charge in [-0.15, -0.1) is 0 Å². The van der Waals surface area contributed by atoms with Crippen LogP contribution in [0.1, 0.15) is 11.1 Å². The van der Waals surface area contributed by atoms with Gasteiger partial charge in [-0.3, -0.25) is 5.43 Å². The lowest BCUT2D eigenvalue weighted by atomic mass is 10.1. The van der Waals surface area contributed by atoms with E-state index in [-0.39, 0.29) is 17.4 Å². The number of alkyl halides is 3. The van der Waals surface area contributed by atoms with Crippen molar-refractivity contribution in [2.24, 2.45) is 5.10 Å². The zero-order valence-corrected chi connectivity index (χ0v) is 13.5. The molecule has 1 N–H and O–H groups in total. The van der Waals surface area contributed by atoms with Gasteiger partial charge in [0.05, 0.1) is 11.2 Å². The van der Waals surface area contributed by atoms with E-state index in [0.717, 1.165) is 6.21 Å². The molecule has 0 unspecified atom stereocenters. The summed E-state index contributed by atoms with van der Waals surface area (Å²) >= 11 is 5.93. The third-order valence-electron chi connectivity index (χ3n) is 3.42. The maximum atomic E-state index is 13.7. The minimum absolute atomic E-state index is 0.0506. The number of fused-ring (bicyclic) bond motifs is 1. The second-order valence-corrected chi connectivity index (χ2v) is 5.51. The van der Waals surface area contributed by atoms with E-state index >= 15 is 0 Å². The number of hydrogen-bond acceptors (Lipinski definition) is 4. The summed E-state index contributed by atoms with van der Waals surface area (Å²) in [6.07, 6.45) is -4.71. The fourth-order valence-corrected chi connectivity index (χ4v) is 2.38. The molecule has 12 heteroatoms. The van der Waals surface area contributed by atoms with E-state index in [9.17, 15) is 30.7 Å². The molecule has 0 atom stereocenters. The first-order valence-electron chi connectivity index (χ1n) is 6.92. The summed E-state index contributed by atoms with van der Waals surface area (Å²) in [7, 11) is 0. The number of nitrogens with zero attached hydrogens (tertiary/aromatic N) is 1. The van der Waals surface area contributed by atoms with Crippen LogP contribution in [0, 0.1) is 23.3 Å². The van der Waals surface area contributed by atoms with Gasteiger partial charge >= 0.3 is 6.18 Å². The molecule has 0 saturated heterocycles. The second-order valence-electron chi connectivity index (χ2n) is 5.10. The van der Waals surface area contributed by atoms with Gasteiger partial charge in [0, 0.05) is 11.6 Å². The van der Waals surface area contributed by atoms with Crippen molar-refractivity contribution in [1.29, 1.82) is 0 Å². The van der Waals surface area contributed by atoms with Gasteiger partial charge in [-0.2, -0.15) is 18.3 Å². The van der Waals surface area contributed by atoms with E-state index in [1.54, 1.807) is 5.43 Å². The molecule has 0 aliphatic carbocycles. The Hall–Kier alpha value is -2.69. The molecule has 3 rings (SSSR count). The molecule has 1 aliphatic heterocycles. The molecule has 0 fully saturated rings. The monoisotopic (exact) mass is 414 g/mol. The van der Waals surface area contributed by atoms with Crippen molar-refractivity contribution in [3.05, 3.63) is 51.6 Å². The Balaban J connectivity index is 1.92. The van der Waals surface area contributed by atoms with Crippen LogP contribution in [0.2, 0.25) is 5.02 Å². The topological polar surface area (TPSA) is 42.9 Å². The summed E-state index contributed by atoms with van der Waals surface area (Å²) in [6.45, 7) is -0.0506. The third kappa shape index (κ3) is 3.46. The number of halogens is 8. The molecule has 144 valence electrons. The quantitative estimate of drug-likeness (QED) is 0.329. The standard InChI is InChI=1S/C15H6ClF7N2O2/c16-6-2-8-7(26-4-27-8)1-5(6)3-24-25-14-12(19)10(17)9(15(21,22)23)11(18)13(14)20/h1-3,25H,4H2/b24-3+. The normalized spacial score (nSPS) is 13.5. The Labute approximate surface area is 151 Å². The summed E-state index contributed by atoms with van der Waals surface area (Å²) in [5.74, 6) is -9.12. The van der Waals surface area contributed by atoms with Gasteiger partial charge in [0.15, 0.2) is 34.8 Å². The number of hydrogen-bond donors (Lipinski definition) is 1. The lowest BCUT2D eigenvalue weighted by Gasteiger charge is -2.13. The fourth-order valence-electron chi connectivity index (χ4n) is 2.18. The van der Waals surface area contributed by atoms with Gasteiger partial charge in [-0.1, -0.05) is 11.6 Å². The number of benzene rings is 2. The predicted molar refractivity (Wildman–Crippen MR) is 80.1 cm³/mol. The van der Waals surface area contributed by atoms with Crippen molar-refractivity contribution in [1.82, 2.24) is 0 Å². The Morgan fingerprint density at radius 1 is 0.963 bits per heavy atom. The fraction of sp³-hybridized carbons (Fsp3) is 0.133. The van der Waals surface area contributed by atoms with E-state index in [0.29, 0.717) is 11.5 Å². The Kier molecular flexibility index (Phi) is 4.81. The van der Waals surface area contributed by atoms with Gasteiger partial charge in [0.2, 0.25) is 6.79 Å². The molecule has 0 amide bonds. The minimum atomic E-state index is -5.63. The molecule has 0 radical (unpaired) electrons. The molecule has 2 aromatic carbocycles. The lowest BCUT2D eigenvalue weighted by Crippen LogP contribution is -2.16. The molecule has 1 heterocycles. The number of nitrogens with one attached hydrogen (secondary N) is 1. The smallest absolute Gasteiger partial charge is 0.422 e. The summed E-state index contributed by atoms with van der Waals surface area (Å²) in [4.78, 5) is 0. The van der Waals surface area contributed by atoms with E-state index in [4.69, 9.17) is 21.1 Å². The minimum Gasteiger partial charge on any atom is -0.454 e. The molecule has 0 bridgehead atoms. The van der Waals surface area contributed by atoms with Gasteiger partial charge < -0.3 is 9.47 Å². The first-order chi connectivity index (χ1) is 12.6. The van der Waals surface area contributed by atoms with Gasteiger partial charge in [-0.05, 0) is 6.07 Å². The summed E-state index contributed by atoms with van der Waals surface area (Å²) in [5, 5.41) is 3.44. The van der Waals surface area contributed by atoms with Gasteiger partial charge in [0.25, 0.3) is 0 Å². The second kappa shape index (κ2) is 6.80. The highest BCUT2D eigenvalue weighted by Gasteiger charge is 2.42. The van der Waals surface area contributed by atoms with Crippen molar-refractivity contribution in [3.63, 3.8) is 0 Å². The number of hydrazone groups is 1. The molecule has 0 saturated carbocycles. The summed E-state index contributed by atoms with van der Waals surface area (Å²) < 4.78 is 102.